The van der Waals surface area contributed by atoms with Crippen molar-refractivity contribution < 1.29 is 14.6 Å². The third kappa shape index (κ3) is 3.63. The van der Waals surface area contributed by atoms with Gasteiger partial charge in [-0.1, -0.05) is 0 Å². The lowest BCUT2D eigenvalue weighted by atomic mass is 10.2. The molecule has 5 heteroatoms. The Kier molecular flexibility index (Phi) is 4.04. The predicted octanol–water partition coefficient (Wildman–Crippen LogP) is 1.48. The molecule has 0 radical (unpaired) electrons. The number of rotatable bonds is 6. The molecule has 1 aliphatic rings. The van der Waals surface area contributed by atoms with Crippen LogP contribution >= 0.6 is 0 Å². The molecule has 2 rings (SSSR count). The summed E-state index contributed by atoms with van der Waals surface area (Å²) in [5, 5.41) is 15.6. The number of ether oxygens (including phenoxy) is 1. The number of anilines is 1. The number of nitrogens with one attached hydrogen (secondary N) is 2. The summed E-state index contributed by atoms with van der Waals surface area (Å²) in [7, 11) is 1.52. The third-order valence-electron chi connectivity index (χ3n) is 2.84. The molecular formula is C13H18N2O3. The van der Waals surface area contributed by atoms with Crippen LogP contribution in [-0.4, -0.2) is 30.7 Å². The van der Waals surface area contributed by atoms with Crippen molar-refractivity contribution in [3.63, 3.8) is 0 Å². The number of hydrogen-bond donors (Lipinski definition) is 3. The van der Waals surface area contributed by atoms with Crippen molar-refractivity contribution in [1.29, 1.82) is 0 Å². The first-order chi connectivity index (χ1) is 8.69. The van der Waals surface area contributed by atoms with Gasteiger partial charge in [-0.25, -0.2) is 0 Å². The van der Waals surface area contributed by atoms with Gasteiger partial charge in [0, 0.05) is 25.1 Å². The smallest absolute Gasteiger partial charge is 0.225 e. The Balaban J connectivity index is 1.81. The Hall–Kier alpha value is -1.75. The van der Waals surface area contributed by atoms with Gasteiger partial charge in [-0.15, -0.1) is 0 Å². The Morgan fingerprint density at radius 3 is 2.89 bits per heavy atom. The molecule has 0 atom stereocenters. The zero-order chi connectivity index (χ0) is 13.0. The molecule has 1 aromatic rings. The zero-order valence-electron chi connectivity index (χ0n) is 10.4. The molecule has 0 heterocycles. The number of amides is 1. The molecule has 18 heavy (non-hydrogen) atoms. The van der Waals surface area contributed by atoms with Crippen LogP contribution in [0.3, 0.4) is 0 Å². The Bertz CT molecular complexity index is 430. The molecule has 0 aromatic heterocycles. The van der Waals surface area contributed by atoms with E-state index in [0.717, 1.165) is 0 Å². The first-order valence-electron chi connectivity index (χ1n) is 6.09. The van der Waals surface area contributed by atoms with Gasteiger partial charge in [0.15, 0.2) is 0 Å². The highest BCUT2D eigenvalue weighted by Crippen LogP contribution is 2.27. The van der Waals surface area contributed by atoms with E-state index >= 15 is 0 Å². The molecule has 1 saturated carbocycles. The number of benzene rings is 1. The van der Waals surface area contributed by atoms with Crippen LogP contribution in [0, 0.1) is 0 Å². The molecule has 1 fully saturated rings. The van der Waals surface area contributed by atoms with Crippen LogP contribution in [0.2, 0.25) is 0 Å². The van der Waals surface area contributed by atoms with Crippen molar-refractivity contribution in [3.8, 4) is 11.5 Å². The van der Waals surface area contributed by atoms with Crippen LogP contribution < -0.4 is 15.4 Å². The largest absolute Gasteiger partial charge is 0.506 e. The van der Waals surface area contributed by atoms with Gasteiger partial charge in [0.25, 0.3) is 0 Å². The average molecular weight is 250 g/mol. The Labute approximate surface area is 106 Å². The van der Waals surface area contributed by atoms with Crippen molar-refractivity contribution in [3.05, 3.63) is 18.2 Å². The summed E-state index contributed by atoms with van der Waals surface area (Å²) in [6.07, 6.45) is 2.82. The monoisotopic (exact) mass is 250 g/mol. The van der Waals surface area contributed by atoms with Crippen LogP contribution in [-0.2, 0) is 4.79 Å². The van der Waals surface area contributed by atoms with Gasteiger partial charge >= 0.3 is 0 Å². The van der Waals surface area contributed by atoms with Crippen LogP contribution in [0.15, 0.2) is 18.2 Å². The van der Waals surface area contributed by atoms with Crippen LogP contribution in [0.25, 0.3) is 0 Å². The summed E-state index contributed by atoms with van der Waals surface area (Å²) >= 11 is 0. The number of methoxy groups -OCH3 is 1. The summed E-state index contributed by atoms with van der Waals surface area (Å²) in [6, 6.07) is 5.39. The Morgan fingerprint density at radius 1 is 1.50 bits per heavy atom. The third-order valence-corrected chi connectivity index (χ3v) is 2.84. The number of phenols is 1. The van der Waals surface area contributed by atoms with Crippen molar-refractivity contribution >= 4 is 11.6 Å². The molecule has 1 aromatic carbocycles. The SMILES string of the molecule is COc1ccc(NC(=O)CCNC2CC2)c(O)c1. The van der Waals surface area contributed by atoms with E-state index in [4.69, 9.17) is 4.74 Å². The number of hydrogen-bond acceptors (Lipinski definition) is 4. The fourth-order valence-electron chi connectivity index (χ4n) is 1.63. The van der Waals surface area contributed by atoms with E-state index < -0.39 is 0 Å². The van der Waals surface area contributed by atoms with Gasteiger partial charge in [-0.05, 0) is 25.0 Å². The van der Waals surface area contributed by atoms with Gasteiger partial charge in [-0.2, -0.15) is 0 Å². The first kappa shape index (κ1) is 12.7. The van der Waals surface area contributed by atoms with E-state index in [9.17, 15) is 9.90 Å². The minimum Gasteiger partial charge on any atom is -0.506 e. The second kappa shape index (κ2) is 5.73. The first-order valence-corrected chi connectivity index (χ1v) is 6.09. The average Bonchev–Trinajstić information content (AvgIpc) is 3.16. The summed E-state index contributed by atoms with van der Waals surface area (Å²) in [5.41, 5.74) is 0.409. The highest BCUT2D eigenvalue weighted by molar-refractivity contribution is 5.92. The molecule has 1 amide bonds. The standard InChI is InChI=1S/C13H18N2O3/c1-18-10-4-5-11(12(16)8-10)15-13(17)6-7-14-9-2-3-9/h4-5,8-9,14,16H,2-3,6-7H2,1H3,(H,15,17). The number of carbonyl (C=O) groups is 1. The van der Waals surface area contributed by atoms with E-state index in [-0.39, 0.29) is 11.7 Å². The van der Waals surface area contributed by atoms with Gasteiger partial charge in [0.05, 0.1) is 12.8 Å². The fourth-order valence-corrected chi connectivity index (χ4v) is 1.63. The molecule has 0 unspecified atom stereocenters. The minimum absolute atomic E-state index is 0.0119. The van der Waals surface area contributed by atoms with Crippen LogP contribution in [0.5, 0.6) is 11.5 Å². The maximum absolute atomic E-state index is 11.6. The van der Waals surface area contributed by atoms with Crippen LogP contribution in [0.4, 0.5) is 5.69 Å². The van der Waals surface area contributed by atoms with E-state index in [0.29, 0.717) is 30.4 Å². The molecule has 5 nitrogen and oxygen atoms in total. The topological polar surface area (TPSA) is 70.6 Å². The number of aromatic hydroxyl groups is 1. The van der Waals surface area contributed by atoms with Gasteiger partial charge in [0.1, 0.15) is 11.5 Å². The van der Waals surface area contributed by atoms with Crippen molar-refractivity contribution in [2.24, 2.45) is 0 Å². The highest BCUT2D eigenvalue weighted by atomic mass is 16.5. The summed E-state index contributed by atoms with van der Waals surface area (Å²) in [6.45, 7) is 0.674. The predicted molar refractivity (Wildman–Crippen MR) is 68.9 cm³/mol. The second-order valence-electron chi connectivity index (χ2n) is 4.41. The maximum atomic E-state index is 11.6. The van der Waals surface area contributed by atoms with Gasteiger partial charge in [0.2, 0.25) is 5.91 Å². The van der Waals surface area contributed by atoms with Crippen molar-refractivity contribution in [2.45, 2.75) is 25.3 Å². The summed E-state index contributed by atoms with van der Waals surface area (Å²) in [4.78, 5) is 11.6. The molecule has 1 aliphatic carbocycles. The van der Waals surface area contributed by atoms with E-state index in [1.54, 1.807) is 12.1 Å². The molecule has 0 bridgehead atoms. The summed E-state index contributed by atoms with van der Waals surface area (Å²) in [5.74, 6) is 0.461. The quantitative estimate of drug-likeness (QED) is 0.669. The van der Waals surface area contributed by atoms with Gasteiger partial charge in [-0.3, -0.25) is 4.79 Å². The molecular weight excluding hydrogens is 232 g/mol. The van der Waals surface area contributed by atoms with Gasteiger partial charge < -0.3 is 20.5 Å². The van der Waals surface area contributed by atoms with Crippen LogP contribution in [0.1, 0.15) is 19.3 Å². The second-order valence-corrected chi connectivity index (χ2v) is 4.41. The molecule has 0 saturated heterocycles. The highest BCUT2D eigenvalue weighted by Gasteiger charge is 2.20. The van der Waals surface area contributed by atoms with E-state index in [1.807, 2.05) is 0 Å². The summed E-state index contributed by atoms with van der Waals surface area (Å²) < 4.78 is 4.97. The number of carbonyl (C=O) groups excluding carboxylic acids is 1. The molecule has 0 spiro atoms. The maximum Gasteiger partial charge on any atom is 0.225 e. The molecule has 0 aliphatic heterocycles. The van der Waals surface area contributed by atoms with E-state index in [2.05, 4.69) is 10.6 Å². The molecule has 98 valence electrons. The lowest BCUT2D eigenvalue weighted by Gasteiger charge is -2.09. The molecule has 3 N–H and O–H groups in total. The lowest BCUT2D eigenvalue weighted by Crippen LogP contribution is -2.23. The fraction of sp³-hybridized carbons (Fsp3) is 0.462. The van der Waals surface area contributed by atoms with Crippen molar-refractivity contribution in [2.75, 3.05) is 19.0 Å². The normalized spacial score (nSPS) is 14.3. The Morgan fingerprint density at radius 2 is 2.28 bits per heavy atom. The van der Waals surface area contributed by atoms with Crippen molar-refractivity contribution in [1.82, 2.24) is 5.32 Å². The minimum atomic E-state index is -0.108. The van der Waals surface area contributed by atoms with E-state index in [1.165, 1.54) is 26.0 Å². The number of phenolic OH excluding ortho intramolecular Hbond substituents is 1. The zero-order valence-corrected chi connectivity index (χ0v) is 10.4. The lowest BCUT2D eigenvalue weighted by molar-refractivity contribution is -0.116.